The first-order chi connectivity index (χ1) is 7.69. The average molecular weight is 216 g/mol. The lowest BCUT2D eigenvalue weighted by Gasteiger charge is -2.06. The molecule has 0 atom stereocenters. The molecule has 0 spiro atoms. The fraction of sp³-hybridized carbons (Fsp3) is 0.0769. The minimum atomic E-state index is 0.137. The summed E-state index contributed by atoms with van der Waals surface area (Å²) >= 11 is 0. The van der Waals surface area contributed by atoms with Crippen molar-refractivity contribution in [1.82, 2.24) is 0 Å². The predicted octanol–water partition coefficient (Wildman–Crippen LogP) is 2.77. The van der Waals surface area contributed by atoms with Gasteiger partial charge >= 0.3 is 0 Å². The first kappa shape index (κ1) is 10.4. The van der Waals surface area contributed by atoms with Crippen LogP contribution in [0.3, 0.4) is 0 Å². The molecular formula is C13H12O3. The summed E-state index contributed by atoms with van der Waals surface area (Å²) in [5, 5.41) is 18.9. The van der Waals surface area contributed by atoms with Crippen LogP contribution >= 0.6 is 0 Å². The lowest BCUT2D eigenvalue weighted by molar-refractivity contribution is 0.408. The number of aromatic hydroxyl groups is 2. The van der Waals surface area contributed by atoms with Crippen molar-refractivity contribution in [2.24, 2.45) is 0 Å². The summed E-state index contributed by atoms with van der Waals surface area (Å²) in [4.78, 5) is 0. The van der Waals surface area contributed by atoms with Crippen molar-refractivity contribution in [2.45, 2.75) is 0 Å². The zero-order valence-corrected chi connectivity index (χ0v) is 8.84. The summed E-state index contributed by atoms with van der Waals surface area (Å²) in [6, 6.07) is 11.8. The van der Waals surface area contributed by atoms with Gasteiger partial charge in [0.1, 0.15) is 17.2 Å². The zero-order valence-electron chi connectivity index (χ0n) is 8.84. The molecule has 0 heterocycles. The minimum absolute atomic E-state index is 0.137. The number of ether oxygens (including phenoxy) is 1. The van der Waals surface area contributed by atoms with Crippen molar-refractivity contribution >= 4 is 0 Å². The van der Waals surface area contributed by atoms with Gasteiger partial charge in [-0.2, -0.15) is 0 Å². The average Bonchev–Trinajstić information content (AvgIpc) is 2.28. The number of rotatable bonds is 2. The summed E-state index contributed by atoms with van der Waals surface area (Å²) < 4.78 is 5.06. The Hall–Kier alpha value is -2.16. The van der Waals surface area contributed by atoms with E-state index in [-0.39, 0.29) is 11.5 Å². The zero-order chi connectivity index (χ0) is 11.5. The highest BCUT2D eigenvalue weighted by Gasteiger charge is 2.03. The highest BCUT2D eigenvalue weighted by molar-refractivity contribution is 5.68. The van der Waals surface area contributed by atoms with Gasteiger partial charge in [0.15, 0.2) is 0 Å². The van der Waals surface area contributed by atoms with Gasteiger partial charge in [-0.25, -0.2) is 0 Å². The molecule has 0 unspecified atom stereocenters. The van der Waals surface area contributed by atoms with Crippen molar-refractivity contribution in [2.75, 3.05) is 7.11 Å². The highest BCUT2D eigenvalue weighted by atomic mass is 16.5. The number of phenols is 2. The maximum absolute atomic E-state index is 9.51. The second-order valence-electron chi connectivity index (χ2n) is 3.47. The van der Waals surface area contributed by atoms with Gasteiger partial charge in [-0.15, -0.1) is 0 Å². The van der Waals surface area contributed by atoms with E-state index in [2.05, 4.69) is 0 Å². The summed E-state index contributed by atoms with van der Waals surface area (Å²) in [7, 11) is 1.54. The second kappa shape index (κ2) is 4.14. The van der Waals surface area contributed by atoms with E-state index in [1.165, 1.54) is 6.07 Å². The molecule has 0 saturated carbocycles. The molecule has 0 amide bonds. The fourth-order valence-corrected chi connectivity index (χ4v) is 1.55. The van der Waals surface area contributed by atoms with Crippen LogP contribution in [0.15, 0.2) is 42.5 Å². The summed E-state index contributed by atoms with van der Waals surface area (Å²) in [5.74, 6) is 0.913. The second-order valence-corrected chi connectivity index (χ2v) is 3.47. The van der Waals surface area contributed by atoms with E-state index in [1.807, 2.05) is 6.07 Å². The largest absolute Gasteiger partial charge is 0.508 e. The van der Waals surface area contributed by atoms with Crippen LogP contribution in [-0.2, 0) is 0 Å². The topological polar surface area (TPSA) is 49.7 Å². The Kier molecular flexibility index (Phi) is 2.68. The van der Waals surface area contributed by atoms with Crippen LogP contribution in [0.4, 0.5) is 0 Å². The Bertz CT molecular complexity index is 506. The Morgan fingerprint density at radius 1 is 0.875 bits per heavy atom. The molecule has 0 radical (unpaired) electrons. The summed E-state index contributed by atoms with van der Waals surface area (Å²) in [6.07, 6.45) is 0. The number of hydrogen-bond donors (Lipinski definition) is 2. The molecule has 0 fully saturated rings. The molecule has 2 aromatic rings. The maximum Gasteiger partial charge on any atom is 0.123 e. The van der Waals surface area contributed by atoms with Crippen molar-refractivity contribution in [3.63, 3.8) is 0 Å². The third-order valence-electron chi connectivity index (χ3n) is 2.31. The van der Waals surface area contributed by atoms with E-state index in [1.54, 1.807) is 37.4 Å². The third-order valence-corrected chi connectivity index (χ3v) is 2.31. The van der Waals surface area contributed by atoms with Crippen molar-refractivity contribution in [1.29, 1.82) is 0 Å². The predicted molar refractivity (Wildman–Crippen MR) is 61.8 cm³/mol. The van der Waals surface area contributed by atoms with Crippen LogP contribution < -0.4 is 4.74 Å². The molecule has 0 saturated heterocycles. The van der Waals surface area contributed by atoms with Gasteiger partial charge in [-0.3, -0.25) is 0 Å². The number of hydrogen-bond acceptors (Lipinski definition) is 3. The molecule has 3 heteroatoms. The lowest BCUT2D eigenvalue weighted by Crippen LogP contribution is -1.84. The van der Waals surface area contributed by atoms with Gasteiger partial charge < -0.3 is 14.9 Å². The van der Waals surface area contributed by atoms with E-state index in [4.69, 9.17) is 4.74 Å². The van der Waals surface area contributed by atoms with Gasteiger partial charge in [0.25, 0.3) is 0 Å². The number of methoxy groups -OCH3 is 1. The fourth-order valence-electron chi connectivity index (χ4n) is 1.55. The van der Waals surface area contributed by atoms with Crippen molar-refractivity contribution < 1.29 is 14.9 Å². The molecule has 16 heavy (non-hydrogen) atoms. The lowest BCUT2D eigenvalue weighted by atomic mass is 10.0. The van der Waals surface area contributed by atoms with E-state index in [0.29, 0.717) is 5.75 Å². The van der Waals surface area contributed by atoms with E-state index < -0.39 is 0 Å². The standard InChI is InChI=1S/C13H12O3/c1-16-13-7-10(6-12(15)8-13)9-3-2-4-11(14)5-9/h2-8,14-15H,1H3. The summed E-state index contributed by atoms with van der Waals surface area (Å²) in [5.41, 5.74) is 1.63. The van der Waals surface area contributed by atoms with Crippen molar-refractivity contribution in [3.8, 4) is 28.4 Å². The molecule has 3 nitrogen and oxygen atoms in total. The van der Waals surface area contributed by atoms with Crippen LogP contribution in [-0.4, -0.2) is 17.3 Å². The summed E-state index contributed by atoms with van der Waals surface area (Å²) in [6.45, 7) is 0. The maximum atomic E-state index is 9.51. The smallest absolute Gasteiger partial charge is 0.123 e. The van der Waals surface area contributed by atoms with Crippen LogP contribution in [0.25, 0.3) is 11.1 Å². The molecular weight excluding hydrogens is 204 g/mol. The Morgan fingerprint density at radius 2 is 1.62 bits per heavy atom. The SMILES string of the molecule is COc1cc(O)cc(-c2cccc(O)c2)c1. The molecule has 0 aromatic heterocycles. The molecule has 0 bridgehead atoms. The highest BCUT2D eigenvalue weighted by Crippen LogP contribution is 2.30. The van der Waals surface area contributed by atoms with E-state index in [0.717, 1.165) is 11.1 Å². The van der Waals surface area contributed by atoms with Crippen LogP contribution in [0.2, 0.25) is 0 Å². The molecule has 0 aliphatic rings. The molecule has 2 rings (SSSR count). The monoisotopic (exact) mass is 216 g/mol. The normalized spacial score (nSPS) is 10.1. The minimum Gasteiger partial charge on any atom is -0.508 e. The molecule has 0 aliphatic heterocycles. The van der Waals surface area contributed by atoms with Crippen LogP contribution in [0.5, 0.6) is 17.2 Å². The van der Waals surface area contributed by atoms with Gasteiger partial charge in [-0.1, -0.05) is 12.1 Å². The molecule has 82 valence electrons. The van der Waals surface area contributed by atoms with Gasteiger partial charge in [0, 0.05) is 6.07 Å². The Balaban J connectivity index is 2.51. The van der Waals surface area contributed by atoms with Crippen LogP contribution in [0.1, 0.15) is 0 Å². The molecule has 2 N–H and O–H groups in total. The van der Waals surface area contributed by atoms with Gasteiger partial charge in [0.05, 0.1) is 7.11 Å². The first-order valence-corrected chi connectivity index (χ1v) is 4.86. The third kappa shape index (κ3) is 2.08. The molecule has 0 aliphatic carbocycles. The first-order valence-electron chi connectivity index (χ1n) is 4.86. The number of benzene rings is 2. The van der Waals surface area contributed by atoms with E-state index >= 15 is 0 Å². The quantitative estimate of drug-likeness (QED) is 0.811. The van der Waals surface area contributed by atoms with Crippen LogP contribution in [0, 0.1) is 0 Å². The van der Waals surface area contributed by atoms with Gasteiger partial charge in [0.2, 0.25) is 0 Å². The van der Waals surface area contributed by atoms with Gasteiger partial charge in [-0.05, 0) is 35.4 Å². The van der Waals surface area contributed by atoms with Crippen molar-refractivity contribution in [3.05, 3.63) is 42.5 Å². The van der Waals surface area contributed by atoms with E-state index in [9.17, 15) is 10.2 Å². The Labute approximate surface area is 93.6 Å². The number of phenolic OH excluding ortho intramolecular Hbond substituents is 2. The molecule has 2 aromatic carbocycles. The Morgan fingerprint density at radius 3 is 2.31 bits per heavy atom.